The molecule has 5 nitrogen and oxygen atoms in total. The van der Waals surface area contributed by atoms with Crippen molar-refractivity contribution in [3.63, 3.8) is 0 Å². The highest BCUT2D eigenvalue weighted by Gasteiger charge is 2.38. The Morgan fingerprint density at radius 2 is 1.80 bits per heavy atom. The normalized spacial score (nSPS) is 23.4. The summed E-state index contributed by atoms with van der Waals surface area (Å²) < 4.78 is 14.8. The molecule has 1 fully saturated rings. The van der Waals surface area contributed by atoms with E-state index in [4.69, 9.17) is 0 Å². The molecular weight excluding hydrogens is 394 g/mol. The van der Waals surface area contributed by atoms with Crippen molar-refractivity contribution in [1.29, 1.82) is 0 Å². The third kappa shape index (κ3) is 3.80. The van der Waals surface area contributed by atoms with Crippen LogP contribution >= 0.6 is 0 Å². The third-order valence-electron chi connectivity index (χ3n) is 6.71. The number of nitrogens with zero attached hydrogens (tertiary/aromatic N) is 2. The molecule has 3 aliphatic rings. The van der Waals surface area contributed by atoms with E-state index in [1.165, 1.54) is 16.8 Å². The van der Waals surface area contributed by atoms with Crippen LogP contribution in [0.5, 0.6) is 0 Å². The van der Waals surface area contributed by atoms with Gasteiger partial charge in [-0.2, -0.15) is 0 Å². The molecule has 0 amide bonds. The van der Waals surface area contributed by atoms with E-state index in [9.17, 15) is 9.32 Å². The first kappa shape index (κ1) is 19.8. The van der Waals surface area contributed by atoms with E-state index in [2.05, 4.69) is 45.0 Å². The highest BCUT2D eigenvalue weighted by molar-refractivity contribution is 7.81. The molecule has 0 radical (unpaired) electrons. The van der Waals surface area contributed by atoms with E-state index in [0.29, 0.717) is 5.75 Å². The molecule has 1 saturated heterocycles. The van der Waals surface area contributed by atoms with Gasteiger partial charge in [-0.15, -0.1) is 0 Å². The van der Waals surface area contributed by atoms with Gasteiger partial charge in [0.2, 0.25) is 0 Å². The summed E-state index contributed by atoms with van der Waals surface area (Å²) in [6.45, 7) is 2.38. The molecule has 0 aliphatic carbocycles. The zero-order valence-corrected chi connectivity index (χ0v) is 17.9. The molecule has 3 heterocycles. The van der Waals surface area contributed by atoms with Crippen molar-refractivity contribution in [2.45, 2.75) is 37.2 Å². The number of nitrogens with one attached hydrogen (secondary N) is 1. The number of hydrogen-bond acceptors (Lipinski definition) is 4. The van der Waals surface area contributed by atoms with Crippen molar-refractivity contribution < 1.29 is 9.32 Å². The summed E-state index contributed by atoms with van der Waals surface area (Å²) in [4.78, 5) is 2.37. The molecular formula is C24H29N3O2S. The average molecular weight is 424 g/mol. The van der Waals surface area contributed by atoms with Crippen LogP contribution < -0.4 is 5.32 Å². The molecule has 3 aliphatic heterocycles. The lowest BCUT2D eigenvalue weighted by molar-refractivity contribution is 0.0515. The van der Waals surface area contributed by atoms with Gasteiger partial charge in [0.15, 0.2) is 0 Å². The molecule has 2 aromatic rings. The molecule has 2 N–H and O–H groups in total. The minimum absolute atomic E-state index is 0.225. The fourth-order valence-corrected chi connectivity index (χ4v) is 6.33. The minimum atomic E-state index is -0.995. The second-order valence-corrected chi connectivity index (χ2v) is 9.93. The van der Waals surface area contributed by atoms with Gasteiger partial charge < -0.3 is 15.3 Å². The van der Waals surface area contributed by atoms with Gasteiger partial charge in [-0.05, 0) is 36.3 Å². The minimum Gasteiger partial charge on any atom is -0.393 e. The van der Waals surface area contributed by atoms with Gasteiger partial charge in [0.05, 0.1) is 41.2 Å². The summed E-state index contributed by atoms with van der Waals surface area (Å²) >= 11 is 0. The molecule has 0 spiro atoms. The van der Waals surface area contributed by atoms with Crippen LogP contribution in [0.15, 0.2) is 60.8 Å². The summed E-state index contributed by atoms with van der Waals surface area (Å²) in [5.41, 5.74) is 4.96. The van der Waals surface area contributed by atoms with Crippen LogP contribution in [-0.2, 0) is 16.7 Å². The molecule has 3 atom stereocenters. The zero-order valence-electron chi connectivity index (χ0n) is 17.1. The van der Waals surface area contributed by atoms with Crippen molar-refractivity contribution in [1.82, 2.24) is 14.5 Å². The van der Waals surface area contributed by atoms with Crippen molar-refractivity contribution >= 4 is 16.7 Å². The molecule has 5 rings (SSSR count). The number of benzene rings is 2. The first-order chi connectivity index (χ1) is 14.7. The number of aliphatic hydroxyl groups is 1. The Bertz CT molecular complexity index is 940. The summed E-state index contributed by atoms with van der Waals surface area (Å²) in [5.74, 6) is 0.843. The van der Waals surface area contributed by atoms with Crippen LogP contribution in [0, 0.1) is 5.92 Å². The highest BCUT2D eigenvalue weighted by atomic mass is 32.2. The summed E-state index contributed by atoms with van der Waals surface area (Å²) in [6.07, 6.45) is 4.29. The van der Waals surface area contributed by atoms with Crippen LogP contribution in [0.3, 0.4) is 0 Å². The smallest absolute Gasteiger partial charge is 0.0987 e. The largest absolute Gasteiger partial charge is 0.393 e. The maximum Gasteiger partial charge on any atom is 0.0987 e. The second-order valence-electron chi connectivity index (χ2n) is 8.49. The maximum atomic E-state index is 12.7. The quantitative estimate of drug-likeness (QED) is 0.749. The molecule has 0 bridgehead atoms. The van der Waals surface area contributed by atoms with Crippen LogP contribution in [0.1, 0.15) is 42.0 Å². The first-order valence-corrected chi connectivity index (χ1v) is 12.1. The Morgan fingerprint density at radius 3 is 2.60 bits per heavy atom. The molecule has 0 saturated carbocycles. The summed E-state index contributed by atoms with van der Waals surface area (Å²) in [5, 5.41) is 14.4. The van der Waals surface area contributed by atoms with Gasteiger partial charge in [-0.1, -0.05) is 54.6 Å². The lowest BCUT2D eigenvalue weighted by atomic mass is 9.87. The number of rotatable bonds is 6. The van der Waals surface area contributed by atoms with Gasteiger partial charge in [0.1, 0.15) is 0 Å². The Kier molecular flexibility index (Phi) is 5.63. The Balaban J connectivity index is 1.18. The van der Waals surface area contributed by atoms with E-state index >= 15 is 0 Å². The average Bonchev–Trinajstić information content (AvgIpc) is 3.37. The van der Waals surface area contributed by atoms with Crippen LogP contribution in [0.2, 0.25) is 0 Å². The van der Waals surface area contributed by atoms with E-state index in [1.807, 2.05) is 30.3 Å². The van der Waals surface area contributed by atoms with Gasteiger partial charge in [0, 0.05) is 24.9 Å². The number of piperidine rings is 1. The first-order valence-electron chi connectivity index (χ1n) is 10.9. The third-order valence-corrected chi connectivity index (χ3v) is 8.23. The van der Waals surface area contributed by atoms with Crippen molar-refractivity contribution in [3.05, 3.63) is 77.5 Å². The number of fused-ring (bicyclic) bond motifs is 3. The van der Waals surface area contributed by atoms with Crippen molar-refractivity contribution in [2.24, 2.45) is 5.92 Å². The fraction of sp³-hybridized carbons (Fsp3) is 0.417. The number of aliphatic hydroxyl groups excluding tert-OH is 1. The molecule has 3 unspecified atom stereocenters. The Morgan fingerprint density at radius 1 is 1.07 bits per heavy atom. The van der Waals surface area contributed by atoms with Gasteiger partial charge in [0.25, 0.3) is 0 Å². The monoisotopic (exact) mass is 423 g/mol. The zero-order chi connectivity index (χ0) is 20.5. The molecule has 6 heteroatoms. The van der Waals surface area contributed by atoms with E-state index in [1.54, 1.807) is 0 Å². The van der Waals surface area contributed by atoms with Gasteiger partial charge in [-0.3, -0.25) is 0 Å². The van der Waals surface area contributed by atoms with Crippen LogP contribution in [-0.4, -0.2) is 44.4 Å². The molecule has 0 aromatic heterocycles. The predicted molar refractivity (Wildman–Crippen MR) is 120 cm³/mol. The standard InChI is InChI=1S/C24H29N3O2S/c28-24(14-22-20-8-4-5-9-21(20)23-15-25-17-27(22)23)19-10-12-26(13-11-19)30(29)16-18-6-2-1-3-7-18/h1-9,15,19,22,24-25,28H,10-14,16-17H2. The molecule has 2 aromatic carbocycles. The fourth-order valence-electron chi connectivity index (χ4n) is 5.06. The van der Waals surface area contributed by atoms with Crippen LogP contribution in [0.4, 0.5) is 0 Å². The Labute approximate surface area is 181 Å². The lowest BCUT2D eigenvalue weighted by Gasteiger charge is -2.35. The van der Waals surface area contributed by atoms with Crippen molar-refractivity contribution in [2.75, 3.05) is 19.8 Å². The SMILES string of the molecule is O=S(Cc1ccccc1)N1CCC(C(O)CC2c3ccccc3C3=CNCN32)CC1. The van der Waals surface area contributed by atoms with E-state index in [-0.39, 0.29) is 18.1 Å². The van der Waals surface area contributed by atoms with Crippen LogP contribution in [0.25, 0.3) is 5.70 Å². The highest BCUT2D eigenvalue weighted by Crippen LogP contribution is 2.45. The van der Waals surface area contributed by atoms with Gasteiger partial charge >= 0.3 is 0 Å². The lowest BCUT2D eigenvalue weighted by Crippen LogP contribution is -2.40. The van der Waals surface area contributed by atoms with E-state index < -0.39 is 11.0 Å². The maximum absolute atomic E-state index is 12.7. The summed E-state index contributed by atoms with van der Waals surface area (Å²) in [7, 11) is -0.995. The molecule has 158 valence electrons. The van der Waals surface area contributed by atoms with Gasteiger partial charge in [-0.25, -0.2) is 8.51 Å². The second kappa shape index (κ2) is 8.53. The number of hydrogen-bond donors (Lipinski definition) is 2. The van der Waals surface area contributed by atoms with E-state index in [0.717, 1.165) is 44.6 Å². The molecule has 30 heavy (non-hydrogen) atoms. The Hall–Kier alpha value is -2.15. The summed E-state index contributed by atoms with van der Waals surface area (Å²) in [6, 6.07) is 18.8. The topological polar surface area (TPSA) is 55.8 Å². The van der Waals surface area contributed by atoms with Crippen molar-refractivity contribution in [3.8, 4) is 0 Å². The predicted octanol–water partition coefficient (Wildman–Crippen LogP) is 3.23.